The van der Waals surface area contributed by atoms with E-state index in [1.807, 2.05) is 0 Å². The number of rotatable bonds is 11. The molecule has 6 rings (SSSR count). The molecule has 55 heavy (non-hydrogen) atoms. The molecule has 0 amide bonds. The quantitative estimate of drug-likeness (QED) is 0.0768. The summed E-state index contributed by atoms with van der Waals surface area (Å²) in [6.45, 7) is -0.659. The Kier molecular flexibility index (Phi) is 10.2. The predicted molar refractivity (Wildman–Crippen MR) is 194 cm³/mol. The van der Waals surface area contributed by atoms with Gasteiger partial charge in [0.1, 0.15) is 21.1 Å². The normalized spacial score (nSPS) is 13.0. The molecule has 6 N–H and O–H groups in total. The maximum absolute atomic E-state index is 12.3. The summed E-state index contributed by atoms with van der Waals surface area (Å²) in [4.78, 5) is 13.6. The molecule has 286 valence electrons. The van der Waals surface area contributed by atoms with Gasteiger partial charge in [-0.1, -0.05) is 30.3 Å². The molecule has 17 nitrogen and oxygen atoms in total. The average Bonchev–Trinajstić information content (AvgIpc) is 3.10. The van der Waals surface area contributed by atoms with Gasteiger partial charge in [-0.2, -0.15) is 33.7 Å². The number of fused-ring (bicyclic) bond motifs is 2. The molecule has 1 aliphatic heterocycles. The minimum absolute atomic E-state index is 0.0376. The molecule has 4 aromatic rings. The van der Waals surface area contributed by atoms with Crippen LogP contribution >= 0.6 is 0 Å². The summed E-state index contributed by atoms with van der Waals surface area (Å²) < 4.78 is 139. The average molecular weight is 831 g/mol. The van der Waals surface area contributed by atoms with Crippen molar-refractivity contribution < 1.29 is 66.2 Å². The maximum Gasteiger partial charge on any atom is 0.336 e. The lowest BCUT2D eigenvalue weighted by Crippen LogP contribution is -2.10. The third-order valence-electron chi connectivity index (χ3n) is 8.28. The first-order chi connectivity index (χ1) is 25.6. The molecule has 2 aliphatic rings. The Morgan fingerprint density at radius 3 is 1.84 bits per heavy atom. The van der Waals surface area contributed by atoms with Crippen molar-refractivity contribution >= 4 is 63.1 Å². The lowest BCUT2D eigenvalue weighted by atomic mass is 9.90. The highest BCUT2D eigenvalue weighted by Crippen LogP contribution is 2.42. The van der Waals surface area contributed by atoms with Gasteiger partial charge in [-0.3, -0.25) is 23.2 Å². The summed E-state index contributed by atoms with van der Waals surface area (Å²) in [5, 5.41) is 13.7. The first kappa shape index (κ1) is 39.2. The zero-order valence-corrected chi connectivity index (χ0v) is 30.8. The van der Waals surface area contributed by atoms with Crippen LogP contribution in [0.15, 0.2) is 126 Å². The topological polar surface area (TPSA) is 292 Å². The second-order valence-electron chi connectivity index (χ2n) is 11.8. The van der Waals surface area contributed by atoms with E-state index in [9.17, 15) is 61.8 Å². The fraction of sp³-hybridized carbons (Fsp3) is 0.0588. The molecular formula is C34H26N2O15S4. The van der Waals surface area contributed by atoms with E-state index >= 15 is 0 Å². The van der Waals surface area contributed by atoms with Crippen LogP contribution in [0, 0.1) is 0 Å². The van der Waals surface area contributed by atoms with Crippen LogP contribution in [0.3, 0.4) is 0 Å². The van der Waals surface area contributed by atoms with E-state index in [-0.39, 0.29) is 46.5 Å². The van der Waals surface area contributed by atoms with E-state index < -0.39 is 66.0 Å². The first-order valence-electron chi connectivity index (χ1n) is 15.3. The van der Waals surface area contributed by atoms with Crippen LogP contribution in [0.4, 0.5) is 5.69 Å². The Bertz CT molecular complexity index is 3050. The van der Waals surface area contributed by atoms with Crippen molar-refractivity contribution in [3.8, 4) is 22.5 Å². The van der Waals surface area contributed by atoms with Gasteiger partial charge < -0.3 is 14.8 Å². The van der Waals surface area contributed by atoms with Crippen molar-refractivity contribution in [1.29, 1.82) is 0 Å². The number of carbonyl (C=O) groups is 1. The number of nitrogens with one attached hydrogen (secondary N) is 1. The Hall–Kier alpha value is -5.52. The van der Waals surface area contributed by atoms with Crippen LogP contribution in [0.1, 0.15) is 21.5 Å². The molecule has 0 aromatic heterocycles. The van der Waals surface area contributed by atoms with Crippen LogP contribution in [-0.4, -0.2) is 63.0 Å². The number of anilines is 1. The lowest BCUT2D eigenvalue weighted by molar-refractivity contribution is 0.0697. The number of hydrogen-bond acceptors (Lipinski definition) is 12. The molecule has 0 fully saturated rings. The second-order valence-corrected chi connectivity index (χ2v) is 17.5. The van der Waals surface area contributed by atoms with E-state index in [0.29, 0.717) is 39.9 Å². The number of benzene rings is 5. The van der Waals surface area contributed by atoms with E-state index in [1.54, 1.807) is 36.4 Å². The lowest BCUT2D eigenvalue weighted by Gasteiger charge is -2.18. The highest BCUT2D eigenvalue weighted by atomic mass is 32.2. The van der Waals surface area contributed by atoms with Crippen LogP contribution < -0.4 is 10.7 Å². The second kappa shape index (κ2) is 14.3. The van der Waals surface area contributed by atoms with Gasteiger partial charge in [0.05, 0.1) is 27.3 Å². The minimum Gasteiger partial charge on any atom is -0.478 e. The van der Waals surface area contributed by atoms with Gasteiger partial charge in [-0.15, -0.1) is 0 Å². The zero-order chi connectivity index (χ0) is 40.1. The molecule has 0 radical (unpaired) electrons. The van der Waals surface area contributed by atoms with Gasteiger partial charge in [-0.25, -0.2) is 4.79 Å². The summed E-state index contributed by atoms with van der Waals surface area (Å²) in [7, 11) is -19.5. The number of carboxylic acid groups (broad SMARTS) is 1. The van der Waals surface area contributed by atoms with Crippen molar-refractivity contribution in [2.75, 3.05) is 5.32 Å². The molecule has 0 bridgehead atoms. The summed E-state index contributed by atoms with van der Waals surface area (Å²) in [5.74, 6) is -1.04. The van der Waals surface area contributed by atoms with E-state index in [0.717, 1.165) is 24.3 Å². The van der Waals surface area contributed by atoms with Crippen LogP contribution in [0.2, 0.25) is 0 Å². The zero-order valence-electron chi connectivity index (χ0n) is 27.6. The summed E-state index contributed by atoms with van der Waals surface area (Å²) in [6.07, 6.45) is 0. The smallest absolute Gasteiger partial charge is 0.336 e. The Balaban J connectivity index is 1.48. The van der Waals surface area contributed by atoms with E-state index in [2.05, 4.69) is 10.3 Å². The Morgan fingerprint density at radius 1 is 0.636 bits per heavy atom. The summed E-state index contributed by atoms with van der Waals surface area (Å²) in [5.41, 5.74) is 1.52. The summed E-state index contributed by atoms with van der Waals surface area (Å²) >= 11 is 0. The number of hydrogen-bond donors (Lipinski definition) is 6. The van der Waals surface area contributed by atoms with Crippen molar-refractivity contribution in [3.63, 3.8) is 0 Å². The monoisotopic (exact) mass is 830 g/mol. The predicted octanol–water partition coefficient (Wildman–Crippen LogP) is 4.60. The van der Waals surface area contributed by atoms with Gasteiger partial charge in [0, 0.05) is 40.9 Å². The highest BCUT2D eigenvalue weighted by Gasteiger charge is 2.24. The maximum atomic E-state index is 12.3. The number of carboxylic acids is 1. The molecule has 21 heteroatoms. The Morgan fingerprint density at radius 2 is 1.24 bits per heavy atom. The molecule has 0 spiro atoms. The first-order valence-corrected chi connectivity index (χ1v) is 21.1. The third-order valence-corrected chi connectivity index (χ3v) is 11.8. The molecule has 4 aromatic carbocycles. The standard InChI is InChI=1S/C34H26N2O15S4/c37-34(38)26-4-2-1-3-25(26)33-27-11-7-21(35-17-19-5-9-23(52(39,40)41)15-31(19)54(45,46)47)13-29(27)51-30-14-22(8-12-28(30)33)36-18-20-6-10-24(53(42,43)44)16-32(20)55(48,49)50/h1-16,35H,17-18H2,(H,37,38)(H,39,40,41)(H,42,43,44)(H,45,46,47)(H,48,49,50). The number of aromatic carboxylic acids is 1. The Labute approximate surface area is 312 Å². The van der Waals surface area contributed by atoms with Crippen LogP contribution in [0.25, 0.3) is 33.4 Å². The SMILES string of the molecule is O=C(O)c1ccccc1-c1c2ccc(=NCc3ccc(S(=O)(=O)O)cc3S(=O)(=O)O)cc-2oc2cc(NCc3ccc(S(=O)(=O)O)cc3S(=O)(=O)O)ccc12. The van der Waals surface area contributed by atoms with Crippen molar-refractivity contribution in [1.82, 2.24) is 0 Å². The van der Waals surface area contributed by atoms with E-state index in [1.165, 1.54) is 24.3 Å². The molecular weight excluding hydrogens is 805 g/mol. The van der Waals surface area contributed by atoms with Gasteiger partial charge in [0.15, 0.2) is 0 Å². The van der Waals surface area contributed by atoms with Gasteiger partial charge in [0.2, 0.25) is 0 Å². The van der Waals surface area contributed by atoms with Gasteiger partial charge in [0.25, 0.3) is 40.5 Å². The van der Waals surface area contributed by atoms with Gasteiger partial charge in [-0.05, 0) is 71.3 Å². The minimum atomic E-state index is -4.96. The fourth-order valence-corrected chi connectivity index (χ4v) is 8.44. The summed E-state index contributed by atoms with van der Waals surface area (Å²) in [6, 6.07) is 20.8. The van der Waals surface area contributed by atoms with Crippen molar-refractivity contribution in [3.05, 3.63) is 119 Å². The van der Waals surface area contributed by atoms with E-state index in [4.69, 9.17) is 4.42 Å². The number of nitrogens with zero attached hydrogens (tertiary/aromatic N) is 1. The van der Waals surface area contributed by atoms with Crippen molar-refractivity contribution in [2.24, 2.45) is 4.99 Å². The molecule has 1 heterocycles. The molecule has 0 unspecified atom stereocenters. The van der Waals surface area contributed by atoms with Crippen molar-refractivity contribution in [2.45, 2.75) is 32.7 Å². The fourth-order valence-electron chi connectivity index (χ4n) is 5.79. The van der Waals surface area contributed by atoms with Gasteiger partial charge >= 0.3 is 5.97 Å². The molecule has 0 saturated carbocycles. The highest BCUT2D eigenvalue weighted by molar-refractivity contribution is 7.87. The molecule has 0 atom stereocenters. The van der Waals surface area contributed by atoms with Crippen LogP contribution in [-0.2, 0) is 53.6 Å². The third kappa shape index (κ3) is 8.43. The van der Waals surface area contributed by atoms with Crippen LogP contribution in [0.5, 0.6) is 0 Å². The largest absolute Gasteiger partial charge is 0.478 e. The molecule has 0 saturated heterocycles. The molecule has 1 aliphatic carbocycles.